The average Bonchev–Trinajstić information content (AvgIpc) is 2.94. The number of thiocarbonyl (C=S) groups is 1. The van der Waals surface area contributed by atoms with Gasteiger partial charge in [0.15, 0.2) is 5.82 Å². The molecule has 0 aliphatic carbocycles. The van der Waals surface area contributed by atoms with Crippen molar-refractivity contribution in [2.24, 2.45) is 12.8 Å². The summed E-state index contributed by atoms with van der Waals surface area (Å²) < 4.78 is 6.78. The van der Waals surface area contributed by atoms with Crippen molar-refractivity contribution >= 4 is 34.8 Å². The Morgan fingerprint density at radius 1 is 1.42 bits per heavy atom. The Labute approximate surface area is 114 Å². The van der Waals surface area contributed by atoms with Crippen molar-refractivity contribution in [2.45, 2.75) is 25.0 Å². The van der Waals surface area contributed by atoms with Crippen LogP contribution in [0.5, 0.6) is 0 Å². The van der Waals surface area contributed by atoms with Gasteiger partial charge in [-0.3, -0.25) is 14.3 Å². The number of nitrogens with zero attached hydrogens (tertiary/aromatic N) is 3. The van der Waals surface area contributed by atoms with E-state index in [1.807, 2.05) is 0 Å². The number of carbonyl (C=O) groups excluding carboxylic acids is 2. The molecule has 2 atom stereocenters. The molecule has 2 saturated heterocycles. The Bertz CT molecular complexity index is 575. The van der Waals surface area contributed by atoms with Gasteiger partial charge in [0, 0.05) is 7.05 Å². The Kier molecular flexibility index (Phi) is 2.64. The summed E-state index contributed by atoms with van der Waals surface area (Å²) in [5.74, 6) is -0.428. The van der Waals surface area contributed by atoms with Gasteiger partial charge in [0.05, 0.1) is 11.8 Å². The van der Waals surface area contributed by atoms with Crippen molar-refractivity contribution in [3.8, 4) is 0 Å². The lowest BCUT2D eigenvalue weighted by atomic mass is 10.2. The number of amides is 2. The van der Waals surface area contributed by atoms with Gasteiger partial charge in [0.25, 0.3) is 11.8 Å². The molecule has 2 amide bonds. The molecule has 2 N–H and O–H groups in total. The van der Waals surface area contributed by atoms with E-state index < -0.39 is 12.2 Å². The third-order valence-corrected chi connectivity index (χ3v) is 3.62. The van der Waals surface area contributed by atoms with Gasteiger partial charge in [-0.05, 0) is 12.8 Å². The topological polar surface area (TPSA) is 90.5 Å². The maximum absolute atomic E-state index is 12.3. The number of ether oxygens (including phenoxy) is 1. The molecule has 19 heavy (non-hydrogen) atoms. The number of aromatic nitrogens is 2. The number of anilines is 1. The monoisotopic (exact) mass is 280 g/mol. The molecule has 3 rings (SSSR count). The van der Waals surface area contributed by atoms with Crippen molar-refractivity contribution in [1.29, 1.82) is 0 Å². The molecule has 2 aliphatic heterocycles. The van der Waals surface area contributed by atoms with Crippen LogP contribution in [-0.4, -0.2) is 38.8 Å². The van der Waals surface area contributed by atoms with Gasteiger partial charge in [-0.15, -0.1) is 0 Å². The highest BCUT2D eigenvalue weighted by atomic mass is 32.1. The van der Waals surface area contributed by atoms with E-state index in [2.05, 4.69) is 5.10 Å². The van der Waals surface area contributed by atoms with Crippen molar-refractivity contribution in [3.05, 3.63) is 11.8 Å². The summed E-state index contributed by atoms with van der Waals surface area (Å²) in [5, 5.41) is 4.01. The molecule has 1 aromatic heterocycles. The number of morpholine rings is 1. The van der Waals surface area contributed by atoms with E-state index in [9.17, 15) is 9.59 Å². The number of imide groups is 1. The number of hydrogen-bond acceptors (Lipinski definition) is 5. The van der Waals surface area contributed by atoms with Crippen LogP contribution in [0.1, 0.15) is 18.4 Å². The number of rotatable bonds is 2. The minimum Gasteiger partial charge on any atom is -0.389 e. The minimum absolute atomic E-state index is 0.0996. The van der Waals surface area contributed by atoms with Crippen LogP contribution in [0.15, 0.2) is 6.20 Å². The first-order valence-corrected chi connectivity index (χ1v) is 6.26. The maximum atomic E-state index is 12.3. The highest BCUT2D eigenvalue weighted by molar-refractivity contribution is 7.80. The first-order valence-electron chi connectivity index (χ1n) is 5.85. The van der Waals surface area contributed by atoms with Crippen LogP contribution in [-0.2, 0) is 21.4 Å². The first-order chi connectivity index (χ1) is 9.00. The van der Waals surface area contributed by atoms with Gasteiger partial charge in [-0.2, -0.15) is 5.10 Å². The van der Waals surface area contributed by atoms with E-state index in [1.165, 1.54) is 10.9 Å². The van der Waals surface area contributed by atoms with Gasteiger partial charge in [0.2, 0.25) is 0 Å². The molecule has 2 aliphatic rings. The molecule has 0 saturated carbocycles. The van der Waals surface area contributed by atoms with Crippen LogP contribution in [0.2, 0.25) is 0 Å². The summed E-state index contributed by atoms with van der Waals surface area (Å²) in [5.41, 5.74) is 6.03. The van der Waals surface area contributed by atoms with E-state index in [-0.39, 0.29) is 16.8 Å². The molecule has 8 heteroatoms. The van der Waals surface area contributed by atoms with E-state index in [0.29, 0.717) is 24.2 Å². The second-order valence-corrected chi connectivity index (χ2v) is 5.01. The fourth-order valence-electron chi connectivity index (χ4n) is 2.48. The quantitative estimate of drug-likeness (QED) is 0.579. The van der Waals surface area contributed by atoms with Gasteiger partial charge in [-0.25, -0.2) is 4.90 Å². The standard InChI is InChI=1S/C11H12N4O3S/c1-14-9(5(4-13-14)8(12)19)15-10(16)6-2-3-7(18-6)11(15)17/h4,6-7H,2-3H2,1H3,(H2,12,19). The Hall–Kier alpha value is -1.80. The fourth-order valence-corrected chi connectivity index (χ4v) is 2.62. The summed E-state index contributed by atoms with van der Waals surface area (Å²) in [4.78, 5) is 25.8. The zero-order chi connectivity index (χ0) is 13.7. The number of carbonyl (C=O) groups is 2. The largest absolute Gasteiger partial charge is 0.389 e. The minimum atomic E-state index is -0.559. The second-order valence-electron chi connectivity index (χ2n) is 4.57. The van der Waals surface area contributed by atoms with Gasteiger partial charge >= 0.3 is 0 Å². The third kappa shape index (κ3) is 1.67. The molecule has 2 bridgehead atoms. The molecular formula is C11H12N4O3S. The SMILES string of the molecule is Cn1ncc(C(N)=S)c1N1C(=O)C2CCC(O2)C1=O. The lowest BCUT2D eigenvalue weighted by Gasteiger charge is -2.30. The molecule has 1 aromatic rings. The van der Waals surface area contributed by atoms with Crippen LogP contribution in [0.25, 0.3) is 0 Å². The van der Waals surface area contributed by atoms with Crippen LogP contribution >= 0.6 is 12.2 Å². The van der Waals surface area contributed by atoms with Crippen LogP contribution in [0.4, 0.5) is 5.82 Å². The summed E-state index contributed by atoms with van der Waals surface area (Å²) in [7, 11) is 1.63. The summed E-state index contributed by atoms with van der Waals surface area (Å²) in [6, 6.07) is 0. The van der Waals surface area contributed by atoms with Crippen molar-refractivity contribution < 1.29 is 14.3 Å². The highest BCUT2D eigenvalue weighted by Crippen LogP contribution is 2.32. The van der Waals surface area contributed by atoms with Crippen molar-refractivity contribution in [1.82, 2.24) is 9.78 Å². The molecular weight excluding hydrogens is 268 g/mol. The van der Waals surface area contributed by atoms with Gasteiger partial charge < -0.3 is 10.5 Å². The highest BCUT2D eigenvalue weighted by Gasteiger charge is 2.48. The number of nitrogens with two attached hydrogens (primary N) is 1. The summed E-state index contributed by atoms with van der Waals surface area (Å²) in [6.07, 6.45) is 1.46. The Morgan fingerprint density at radius 3 is 2.53 bits per heavy atom. The fraction of sp³-hybridized carbons (Fsp3) is 0.455. The van der Waals surface area contributed by atoms with E-state index in [4.69, 9.17) is 22.7 Å². The molecule has 3 heterocycles. The average molecular weight is 280 g/mol. The molecule has 0 radical (unpaired) electrons. The van der Waals surface area contributed by atoms with E-state index >= 15 is 0 Å². The molecule has 2 unspecified atom stereocenters. The second kappa shape index (κ2) is 4.10. The number of hydrogen-bond donors (Lipinski definition) is 1. The third-order valence-electron chi connectivity index (χ3n) is 3.40. The predicted octanol–water partition coefficient (Wildman–Crippen LogP) is -0.525. The van der Waals surface area contributed by atoms with E-state index in [0.717, 1.165) is 4.90 Å². The zero-order valence-electron chi connectivity index (χ0n) is 10.2. The number of aryl methyl sites for hydroxylation is 1. The number of fused-ring (bicyclic) bond motifs is 2. The lowest BCUT2D eigenvalue weighted by molar-refractivity contribution is -0.147. The van der Waals surface area contributed by atoms with Crippen LogP contribution in [0.3, 0.4) is 0 Å². The molecule has 0 aromatic carbocycles. The lowest BCUT2D eigenvalue weighted by Crippen LogP contribution is -2.53. The molecule has 100 valence electrons. The Morgan fingerprint density at radius 2 is 2.00 bits per heavy atom. The van der Waals surface area contributed by atoms with Gasteiger partial charge in [0.1, 0.15) is 17.2 Å². The Balaban J connectivity index is 2.11. The van der Waals surface area contributed by atoms with Crippen molar-refractivity contribution in [3.63, 3.8) is 0 Å². The van der Waals surface area contributed by atoms with Crippen LogP contribution in [0, 0.1) is 0 Å². The summed E-state index contributed by atoms with van der Waals surface area (Å²) >= 11 is 4.93. The molecule has 2 fully saturated rings. The molecule has 7 nitrogen and oxygen atoms in total. The summed E-state index contributed by atoms with van der Waals surface area (Å²) in [6.45, 7) is 0. The first kappa shape index (κ1) is 12.2. The van der Waals surface area contributed by atoms with Gasteiger partial charge in [-0.1, -0.05) is 12.2 Å². The van der Waals surface area contributed by atoms with E-state index in [1.54, 1.807) is 7.05 Å². The zero-order valence-corrected chi connectivity index (χ0v) is 11.0. The smallest absolute Gasteiger partial charge is 0.264 e. The maximum Gasteiger partial charge on any atom is 0.264 e. The van der Waals surface area contributed by atoms with Crippen LogP contribution < -0.4 is 10.6 Å². The molecule has 0 spiro atoms. The predicted molar refractivity (Wildman–Crippen MR) is 69.5 cm³/mol. The normalized spacial score (nSPS) is 26.1. The van der Waals surface area contributed by atoms with Crippen molar-refractivity contribution in [2.75, 3.05) is 4.90 Å².